The molecular weight excluding hydrogens is 682 g/mol. The summed E-state index contributed by atoms with van der Waals surface area (Å²) in [7, 11) is 0. The van der Waals surface area contributed by atoms with E-state index in [1.807, 2.05) is 25.3 Å². The summed E-state index contributed by atoms with van der Waals surface area (Å²) < 4.78 is 18.8. The molecule has 1 atom stereocenters. The van der Waals surface area contributed by atoms with E-state index in [-0.39, 0.29) is 41.5 Å². The largest absolute Gasteiger partial charge is 0.489 e. The number of hydrogen-bond donors (Lipinski definition) is 1. The molecule has 284 valence electrons. The van der Waals surface area contributed by atoms with Crippen LogP contribution in [0.15, 0.2) is 67.1 Å². The molecule has 0 saturated carbocycles. The van der Waals surface area contributed by atoms with Crippen LogP contribution in [0.5, 0.6) is 5.75 Å². The van der Waals surface area contributed by atoms with Crippen molar-refractivity contribution in [3.05, 3.63) is 78.2 Å². The number of carbonyl (C=O) groups excluding carboxylic acids is 5. The summed E-state index contributed by atoms with van der Waals surface area (Å²) in [5.74, 6) is -1.17. The molecule has 1 N–H and O–H groups in total. The van der Waals surface area contributed by atoms with Crippen molar-refractivity contribution in [2.75, 3.05) is 18.1 Å². The maximum absolute atomic E-state index is 13.5. The minimum absolute atomic E-state index is 0.103. The molecule has 0 saturated heterocycles. The predicted molar refractivity (Wildman–Crippen MR) is 194 cm³/mol. The number of alkyl carbamates (subject to hydrolysis) is 1. The summed E-state index contributed by atoms with van der Waals surface area (Å²) >= 11 is 0. The zero-order valence-corrected chi connectivity index (χ0v) is 31.9. The standard InChI is InChI=1S/C39H49N5O9/c1-37(2,3)23-30(45)31(53-44-33(46)28-13-10-11-14-29(28)34(44)47)25-50-27-15-16-32(41-24-27)43(36(49)52-39(7,8)9)26-17-21-42(22-18-26)20-12-19-40-35(48)51-38(4,5)6/h10-11,13-18,21-22,24,31H,12,19-20,23,25H2,1-9H3/p+1. The first-order valence-electron chi connectivity index (χ1n) is 17.5. The van der Waals surface area contributed by atoms with Crippen LogP contribution in [-0.4, -0.2) is 70.3 Å². The monoisotopic (exact) mass is 732 g/mol. The van der Waals surface area contributed by atoms with Gasteiger partial charge < -0.3 is 19.5 Å². The highest BCUT2D eigenvalue weighted by Gasteiger charge is 2.40. The average Bonchev–Trinajstić information content (AvgIpc) is 3.28. The highest BCUT2D eigenvalue weighted by atomic mass is 16.7. The summed E-state index contributed by atoms with van der Waals surface area (Å²) in [6, 6.07) is 13.0. The number of imide groups is 1. The lowest BCUT2D eigenvalue weighted by atomic mass is 9.88. The number of Topliss-reactive ketones (excluding diaryl/α,β-unsaturated/α-hetero) is 1. The maximum Gasteiger partial charge on any atom is 0.420 e. The Hall–Kier alpha value is -5.37. The fraction of sp³-hybridized carbons (Fsp3) is 0.462. The second kappa shape index (κ2) is 16.5. The van der Waals surface area contributed by atoms with Gasteiger partial charge in [0.15, 0.2) is 24.3 Å². The number of anilines is 2. The van der Waals surface area contributed by atoms with E-state index >= 15 is 0 Å². The number of nitrogens with zero attached hydrogens (tertiary/aromatic N) is 4. The minimum Gasteiger partial charge on any atom is -0.489 e. The predicted octanol–water partition coefficient (Wildman–Crippen LogP) is 6.34. The number of hydrogen-bond acceptors (Lipinski definition) is 10. The Morgan fingerprint density at radius 3 is 1.98 bits per heavy atom. The molecular formula is C39H50N5O9+. The van der Waals surface area contributed by atoms with Crippen molar-refractivity contribution in [3.8, 4) is 5.75 Å². The summed E-state index contributed by atoms with van der Waals surface area (Å²) in [4.78, 5) is 76.3. The SMILES string of the molecule is CC(C)(C)CC(=O)C(COc1ccc(N(C(=O)OC(C)(C)C)c2cc[n+](CCCNC(=O)OC(C)(C)C)cc2)nc1)ON1C(=O)c2ccccc2C1=O. The second-order valence-corrected chi connectivity index (χ2v) is 15.8. The molecule has 1 aromatic carbocycles. The van der Waals surface area contributed by atoms with Crippen molar-refractivity contribution in [2.24, 2.45) is 5.41 Å². The molecule has 1 aliphatic rings. The van der Waals surface area contributed by atoms with Crippen molar-refractivity contribution in [1.82, 2.24) is 15.4 Å². The number of aromatic nitrogens is 2. The van der Waals surface area contributed by atoms with E-state index in [1.54, 1.807) is 90.3 Å². The summed E-state index contributed by atoms with van der Waals surface area (Å²) in [6.07, 6.45) is 3.35. The smallest absolute Gasteiger partial charge is 0.420 e. The van der Waals surface area contributed by atoms with Crippen molar-refractivity contribution in [2.45, 2.75) is 99.0 Å². The van der Waals surface area contributed by atoms with E-state index in [4.69, 9.17) is 19.0 Å². The van der Waals surface area contributed by atoms with Gasteiger partial charge in [0.1, 0.15) is 35.9 Å². The lowest BCUT2D eigenvalue weighted by Gasteiger charge is -2.27. The molecule has 14 heteroatoms. The molecule has 4 rings (SSSR count). The van der Waals surface area contributed by atoms with Crippen molar-refractivity contribution in [3.63, 3.8) is 0 Å². The van der Waals surface area contributed by atoms with Crippen LogP contribution in [0, 0.1) is 5.41 Å². The van der Waals surface area contributed by atoms with Crippen LogP contribution >= 0.6 is 0 Å². The Balaban J connectivity index is 1.46. The Bertz CT molecular complexity index is 1750. The number of fused-ring (bicyclic) bond motifs is 1. The van der Waals surface area contributed by atoms with Crippen LogP contribution < -0.4 is 19.5 Å². The van der Waals surface area contributed by atoms with Gasteiger partial charge in [-0.2, -0.15) is 0 Å². The van der Waals surface area contributed by atoms with Crippen LogP contribution in [0.3, 0.4) is 0 Å². The first kappa shape index (κ1) is 40.4. The van der Waals surface area contributed by atoms with Gasteiger partial charge in [-0.05, 0) is 71.2 Å². The Morgan fingerprint density at radius 1 is 0.849 bits per heavy atom. The number of rotatable bonds is 13. The number of ketones is 1. The van der Waals surface area contributed by atoms with Gasteiger partial charge in [0.05, 0.1) is 23.0 Å². The molecule has 0 spiro atoms. The molecule has 1 unspecified atom stereocenters. The first-order chi connectivity index (χ1) is 24.7. The van der Waals surface area contributed by atoms with Gasteiger partial charge in [0, 0.05) is 31.5 Å². The first-order valence-corrected chi connectivity index (χ1v) is 17.5. The Kier molecular flexibility index (Phi) is 12.6. The lowest BCUT2D eigenvalue weighted by Crippen LogP contribution is -2.42. The van der Waals surface area contributed by atoms with Crippen LogP contribution in [0.1, 0.15) is 95.9 Å². The minimum atomic E-state index is -1.28. The highest BCUT2D eigenvalue weighted by Crippen LogP contribution is 2.29. The fourth-order valence-electron chi connectivity index (χ4n) is 5.12. The van der Waals surface area contributed by atoms with E-state index in [0.29, 0.717) is 30.3 Å². The number of ether oxygens (including phenoxy) is 3. The highest BCUT2D eigenvalue weighted by molar-refractivity contribution is 6.20. The Labute approximate surface area is 310 Å². The van der Waals surface area contributed by atoms with Crippen molar-refractivity contribution < 1.29 is 47.6 Å². The summed E-state index contributed by atoms with van der Waals surface area (Å²) in [6.45, 7) is 17.1. The van der Waals surface area contributed by atoms with Gasteiger partial charge >= 0.3 is 12.2 Å². The van der Waals surface area contributed by atoms with Gasteiger partial charge in [-0.25, -0.2) is 28.9 Å². The van der Waals surface area contributed by atoms with Gasteiger partial charge in [0.25, 0.3) is 11.8 Å². The lowest BCUT2D eigenvalue weighted by molar-refractivity contribution is -0.697. The third-order valence-electron chi connectivity index (χ3n) is 7.37. The van der Waals surface area contributed by atoms with E-state index < -0.39 is 46.7 Å². The topological polar surface area (TPSA) is 158 Å². The second-order valence-electron chi connectivity index (χ2n) is 15.8. The number of hydroxylamine groups is 2. The van der Waals surface area contributed by atoms with Gasteiger partial charge in [-0.1, -0.05) is 32.9 Å². The number of nitrogens with one attached hydrogen (secondary N) is 1. The van der Waals surface area contributed by atoms with E-state index in [2.05, 4.69) is 10.3 Å². The number of amides is 4. The van der Waals surface area contributed by atoms with Crippen LogP contribution in [0.4, 0.5) is 21.1 Å². The van der Waals surface area contributed by atoms with E-state index in [0.717, 1.165) is 0 Å². The summed E-state index contributed by atoms with van der Waals surface area (Å²) in [5, 5.41) is 3.35. The quantitative estimate of drug-likeness (QED) is 0.120. The van der Waals surface area contributed by atoms with Crippen LogP contribution in [-0.2, 0) is 25.7 Å². The molecule has 0 aliphatic carbocycles. The van der Waals surface area contributed by atoms with Crippen molar-refractivity contribution in [1.29, 1.82) is 0 Å². The molecule has 0 fully saturated rings. The molecule has 1 aliphatic heterocycles. The Morgan fingerprint density at radius 2 is 1.45 bits per heavy atom. The molecule has 3 aromatic rings. The van der Waals surface area contributed by atoms with Crippen LogP contribution in [0.2, 0.25) is 0 Å². The molecule has 4 amide bonds. The van der Waals surface area contributed by atoms with Gasteiger partial charge in [-0.3, -0.25) is 14.4 Å². The van der Waals surface area contributed by atoms with Crippen LogP contribution in [0.25, 0.3) is 0 Å². The molecule has 14 nitrogen and oxygen atoms in total. The number of pyridine rings is 2. The maximum atomic E-state index is 13.5. The third kappa shape index (κ3) is 11.8. The zero-order valence-electron chi connectivity index (χ0n) is 31.9. The van der Waals surface area contributed by atoms with E-state index in [1.165, 1.54) is 23.2 Å². The van der Waals surface area contributed by atoms with E-state index in [9.17, 15) is 24.0 Å². The molecule has 0 bridgehead atoms. The molecule has 53 heavy (non-hydrogen) atoms. The number of benzene rings is 1. The summed E-state index contributed by atoms with van der Waals surface area (Å²) in [5.41, 5.74) is -0.891. The average molecular weight is 733 g/mol. The molecule has 2 aromatic heterocycles. The zero-order chi connectivity index (χ0) is 39.1. The number of carbonyl (C=O) groups is 5. The molecule has 0 radical (unpaired) electrons. The molecule has 3 heterocycles. The normalized spacial score (nSPS) is 13.6. The van der Waals surface area contributed by atoms with Gasteiger partial charge in [0.2, 0.25) is 0 Å². The number of aryl methyl sites for hydroxylation is 1. The van der Waals surface area contributed by atoms with Gasteiger partial charge in [-0.15, -0.1) is 5.06 Å². The fourth-order valence-corrected chi connectivity index (χ4v) is 5.12. The van der Waals surface area contributed by atoms with Crippen molar-refractivity contribution >= 4 is 41.3 Å². The third-order valence-corrected chi connectivity index (χ3v) is 7.37.